The summed E-state index contributed by atoms with van der Waals surface area (Å²) in [6.45, 7) is 0.804. The summed E-state index contributed by atoms with van der Waals surface area (Å²) in [5.41, 5.74) is 0.727. The molecule has 25 heavy (non-hydrogen) atoms. The SMILES string of the molecule is CN(CCNc1ccc2nnc(C3CC3)n2n1)S(=O)(=O)c1cccs1. The molecule has 0 spiro atoms. The van der Waals surface area contributed by atoms with Crippen LogP contribution in [0.25, 0.3) is 5.65 Å². The number of nitrogens with one attached hydrogen (secondary N) is 1. The minimum atomic E-state index is -3.42. The normalized spacial score (nSPS) is 15.1. The van der Waals surface area contributed by atoms with Crippen molar-refractivity contribution in [3.63, 3.8) is 0 Å². The monoisotopic (exact) mass is 378 g/mol. The van der Waals surface area contributed by atoms with Gasteiger partial charge in [-0.15, -0.1) is 26.6 Å². The summed E-state index contributed by atoms with van der Waals surface area (Å²) in [5.74, 6) is 2.03. The fraction of sp³-hybridized carbons (Fsp3) is 0.400. The Kier molecular flexibility index (Phi) is 4.18. The van der Waals surface area contributed by atoms with Gasteiger partial charge in [-0.25, -0.2) is 8.42 Å². The highest BCUT2D eigenvalue weighted by Gasteiger charge is 2.29. The van der Waals surface area contributed by atoms with E-state index >= 15 is 0 Å². The molecule has 0 atom stereocenters. The number of likely N-dealkylation sites (N-methyl/N-ethyl adjacent to an activating group) is 1. The molecule has 1 saturated carbocycles. The lowest BCUT2D eigenvalue weighted by atomic mass is 10.4. The summed E-state index contributed by atoms with van der Waals surface area (Å²) >= 11 is 1.22. The van der Waals surface area contributed by atoms with Crippen LogP contribution in [0.5, 0.6) is 0 Å². The van der Waals surface area contributed by atoms with E-state index < -0.39 is 10.0 Å². The van der Waals surface area contributed by atoms with Crippen LogP contribution in [0.1, 0.15) is 24.6 Å². The molecule has 3 aromatic heterocycles. The number of nitrogens with zero attached hydrogens (tertiary/aromatic N) is 5. The van der Waals surface area contributed by atoms with Crippen molar-refractivity contribution in [3.05, 3.63) is 35.5 Å². The lowest BCUT2D eigenvalue weighted by Gasteiger charge is -2.16. The van der Waals surface area contributed by atoms with Gasteiger partial charge in [0.15, 0.2) is 11.5 Å². The molecular weight excluding hydrogens is 360 g/mol. The van der Waals surface area contributed by atoms with Crippen LogP contribution < -0.4 is 5.32 Å². The molecule has 1 N–H and O–H groups in total. The van der Waals surface area contributed by atoms with Crippen LogP contribution in [-0.2, 0) is 10.0 Å². The molecule has 1 aliphatic carbocycles. The van der Waals surface area contributed by atoms with Crippen molar-refractivity contribution in [1.82, 2.24) is 24.1 Å². The smallest absolute Gasteiger partial charge is 0.252 e. The third-order valence-electron chi connectivity index (χ3n) is 4.12. The van der Waals surface area contributed by atoms with E-state index in [0.29, 0.717) is 29.0 Å². The van der Waals surface area contributed by atoms with Gasteiger partial charge in [0.1, 0.15) is 10.0 Å². The Balaban J connectivity index is 1.41. The number of hydrogen-bond acceptors (Lipinski definition) is 7. The molecule has 132 valence electrons. The number of sulfonamides is 1. The van der Waals surface area contributed by atoms with E-state index in [1.807, 2.05) is 12.1 Å². The van der Waals surface area contributed by atoms with E-state index in [0.717, 1.165) is 24.3 Å². The van der Waals surface area contributed by atoms with Crippen molar-refractivity contribution < 1.29 is 8.42 Å². The van der Waals surface area contributed by atoms with E-state index in [1.54, 1.807) is 29.1 Å². The van der Waals surface area contributed by atoms with Crippen molar-refractivity contribution in [3.8, 4) is 0 Å². The second kappa shape index (κ2) is 6.36. The van der Waals surface area contributed by atoms with Crippen molar-refractivity contribution in [2.45, 2.75) is 23.0 Å². The van der Waals surface area contributed by atoms with Crippen molar-refractivity contribution >= 4 is 32.8 Å². The molecule has 4 rings (SSSR count). The number of thiophene rings is 1. The van der Waals surface area contributed by atoms with E-state index in [-0.39, 0.29) is 0 Å². The summed E-state index contributed by atoms with van der Waals surface area (Å²) in [6, 6.07) is 7.04. The van der Waals surface area contributed by atoms with Crippen molar-refractivity contribution in [2.24, 2.45) is 0 Å². The third-order valence-corrected chi connectivity index (χ3v) is 7.35. The van der Waals surface area contributed by atoms with Gasteiger partial charge >= 0.3 is 0 Å². The van der Waals surface area contributed by atoms with E-state index in [4.69, 9.17) is 0 Å². The minimum absolute atomic E-state index is 0.345. The first kappa shape index (κ1) is 16.4. The van der Waals surface area contributed by atoms with Crippen LogP contribution in [0.2, 0.25) is 0 Å². The standard InChI is InChI=1S/C15H18N6O2S2/c1-20(25(22,23)14-3-2-10-24-14)9-8-16-12-6-7-13-17-18-15(11-4-5-11)21(13)19-12/h2-3,6-7,10-11H,4-5,8-9H2,1H3,(H,16,19). The van der Waals surface area contributed by atoms with Crippen molar-refractivity contribution in [1.29, 1.82) is 0 Å². The van der Waals surface area contributed by atoms with Crippen molar-refractivity contribution in [2.75, 3.05) is 25.5 Å². The molecule has 0 radical (unpaired) electrons. The minimum Gasteiger partial charge on any atom is -0.367 e. The van der Waals surface area contributed by atoms with Gasteiger partial charge in [0, 0.05) is 26.1 Å². The molecule has 0 saturated heterocycles. The Morgan fingerprint density at radius 1 is 1.32 bits per heavy atom. The van der Waals surface area contributed by atoms with Crippen LogP contribution in [0.3, 0.4) is 0 Å². The highest BCUT2D eigenvalue weighted by atomic mass is 32.2. The number of rotatable bonds is 7. The molecule has 0 amide bonds. The number of aromatic nitrogens is 4. The summed E-state index contributed by atoms with van der Waals surface area (Å²) in [7, 11) is -1.84. The zero-order valence-electron chi connectivity index (χ0n) is 13.7. The van der Waals surface area contributed by atoms with Gasteiger partial charge in [-0.1, -0.05) is 6.07 Å². The zero-order chi connectivity index (χ0) is 17.4. The predicted octanol–water partition coefficient (Wildman–Crippen LogP) is 1.80. The van der Waals surface area contributed by atoms with Gasteiger partial charge < -0.3 is 5.32 Å². The van der Waals surface area contributed by atoms with E-state index in [9.17, 15) is 8.42 Å². The molecule has 0 bridgehead atoms. The summed E-state index contributed by atoms with van der Waals surface area (Å²) in [6.07, 6.45) is 2.26. The first-order valence-corrected chi connectivity index (χ1v) is 10.3. The zero-order valence-corrected chi connectivity index (χ0v) is 15.3. The number of hydrogen-bond donors (Lipinski definition) is 1. The highest BCUT2D eigenvalue weighted by Crippen LogP contribution is 2.38. The number of fused-ring (bicyclic) bond motifs is 1. The molecule has 0 aromatic carbocycles. The van der Waals surface area contributed by atoms with Gasteiger partial charge in [0.25, 0.3) is 10.0 Å². The quantitative estimate of drug-likeness (QED) is 0.674. The Morgan fingerprint density at radius 2 is 2.16 bits per heavy atom. The van der Waals surface area contributed by atoms with Gasteiger partial charge in [0.05, 0.1) is 0 Å². The summed E-state index contributed by atoms with van der Waals surface area (Å²) in [5, 5.41) is 17.8. The maximum absolute atomic E-state index is 12.4. The van der Waals surface area contributed by atoms with Crippen LogP contribution in [0.4, 0.5) is 5.82 Å². The highest BCUT2D eigenvalue weighted by molar-refractivity contribution is 7.91. The largest absolute Gasteiger partial charge is 0.367 e. The van der Waals surface area contributed by atoms with E-state index in [1.165, 1.54) is 15.6 Å². The summed E-state index contributed by atoms with van der Waals surface area (Å²) < 4.78 is 28.2. The first-order chi connectivity index (χ1) is 12.1. The molecule has 1 aliphatic rings. The average Bonchev–Trinajstić information content (AvgIpc) is 3.12. The van der Waals surface area contributed by atoms with Crippen LogP contribution in [0, 0.1) is 0 Å². The van der Waals surface area contributed by atoms with Crippen LogP contribution in [0.15, 0.2) is 33.9 Å². The Hall–Kier alpha value is -2.04. The Morgan fingerprint density at radius 3 is 2.88 bits per heavy atom. The van der Waals surface area contributed by atoms with Gasteiger partial charge in [-0.3, -0.25) is 0 Å². The third kappa shape index (κ3) is 3.24. The maximum Gasteiger partial charge on any atom is 0.252 e. The second-order valence-electron chi connectivity index (χ2n) is 6.01. The lowest BCUT2D eigenvalue weighted by Crippen LogP contribution is -2.31. The molecule has 0 aliphatic heterocycles. The Bertz CT molecular complexity index is 979. The first-order valence-electron chi connectivity index (χ1n) is 8.02. The molecular formula is C15H18N6O2S2. The molecule has 1 fully saturated rings. The molecule has 0 unspecified atom stereocenters. The predicted molar refractivity (Wildman–Crippen MR) is 95.4 cm³/mol. The molecule has 3 aromatic rings. The molecule has 8 nitrogen and oxygen atoms in total. The van der Waals surface area contributed by atoms with Gasteiger partial charge in [-0.2, -0.15) is 8.82 Å². The molecule has 10 heteroatoms. The fourth-order valence-electron chi connectivity index (χ4n) is 2.52. The molecule has 3 heterocycles. The van der Waals surface area contributed by atoms with E-state index in [2.05, 4.69) is 20.6 Å². The second-order valence-corrected chi connectivity index (χ2v) is 9.23. The number of anilines is 1. The average molecular weight is 378 g/mol. The lowest BCUT2D eigenvalue weighted by molar-refractivity contribution is 0.482. The van der Waals surface area contributed by atoms with Gasteiger partial charge in [-0.05, 0) is 36.4 Å². The van der Waals surface area contributed by atoms with Crippen LogP contribution in [-0.4, -0.2) is 52.7 Å². The summed E-state index contributed by atoms with van der Waals surface area (Å²) in [4.78, 5) is 0. The maximum atomic E-state index is 12.4. The fourth-order valence-corrected chi connectivity index (χ4v) is 4.89. The topological polar surface area (TPSA) is 92.5 Å². The van der Waals surface area contributed by atoms with Gasteiger partial charge in [0.2, 0.25) is 0 Å². The van der Waals surface area contributed by atoms with Crippen LogP contribution >= 0.6 is 11.3 Å². The Labute approximate surface area is 149 Å².